The SMILES string of the molecule is CCCNC1CCCCC1N(CC)CCCN(CC)CC. The summed E-state index contributed by atoms with van der Waals surface area (Å²) in [6.45, 7) is 16.4. The number of hydrogen-bond acceptors (Lipinski definition) is 3. The van der Waals surface area contributed by atoms with E-state index in [2.05, 4.69) is 42.8 Å². The summed E-state index contributed by atoms with van der Waals surface area (Å²) >= 11 is 0. The van der Waals surface area contributed by atoms with E-state index in [9.17, 15) is 0 Å². The Bertz CT molecular complexity index is 241. The van der Waals surface area contributed by atoms with E-state index in [-0.39, 0.29) is 0 Å². The van der Waals surface area contributed by atoms with Crippen LogP contribution in [0.1, 0.15) is 66.2 Å². The predicted octanol–water partition coefficient (Wildman–Crippen LogP) is 3.35. The lowest BCUT2D eigenvalue weighted by molar-refractivity contribution is 0.121. The Hall–Kier alpha value is -0.120. The van der Waals surface area contributed by atoms with Crippen LogP contribution in [0.25, 0.3) is 0 Å². The van der Waals surface area contributed by atoms with Crippen LogP contribution in [0.5, 0.6) is 0 Å². The molecule has 0 aromatic heterocycles. The van der Waals surface area contributed by atoms with Gasteiger partial charge in [0, 0.05) is 12.1 Å². The molecule has 1 fully saturated rings. The van der Waals surface area contributed by atoms with Gasteiger partial charge in [0.2, 0.25) is 0 Å². The second kappa shape index (κ2) is 11.4. The summed E-state index contributed by atoms with van der Waals surface area (Å²) in [6, 6.07) is 1.50. The van der Waals surface area contributed by atoms with Gasteiger partial charge in [-0.25, -0.2) is 0 Å². The second-order valence-corrected chi connectivity index (χ2v) is 6.42. The minimum absolute atomic E-state index is 0.729. The van der Waals surface area contributed by atoms with Crippen LogP contribution in [0.2, 0.25) is 0 Å². The number of hydrogen-bond donors (Lipinski definition) is 1. The molecule has 1 saturated carbocycles. The van der Waals surface area contributed by atoms with E-state index in [1.165, 1.54) is 77.8 Å². The smallest absolute Gasteiger partial charge is 0.0249 e. The second-order valence-electron chi connectivity index (χ2n) is 6.42. The average molecular weight is 298 g/mol. The van der Waals surface area contributed by atoms with E-state index in [1.54, 1.807) is 0 Å². The Labute approximate surface area is 133 Å². The lowest BCUT2D eigenvalue weighted by Gasteiger charge is -2.40. The first-order valence-electron chi connectivity index (χ1n) is 9.46. The lowest BCUT2D eigenvalue weighted by Crippen LogP contribution is -2.52. The molecule has 0 radical (unpaired) electrons. The van der Waals surface area contributed by atoms with E-state index in [0.717, 1.165) is 12.1 Å². The third-order valence-electron chi connectivity index (χ3n) is 5.08. The molecule has 3 nitrogen and oxygen atoms in total. The highest BCUT2D eigenvalue weighted by Gasteiger charge is 2.28. The zero-order chi connectivity index (χ0) is 15.5. The van der Waals surface area contributed by atoms with Gasteiger partial charge < -0.3 is 10.2 Å². The highest BCUT2D eigenvalue weighted by atomic mass is 15.2. The summed E-state index contributed by atoms with van der Waals surface area (Å²) in [7, 11) is 0. The van der Waals surface area contributed by atoms with E-state index in [0.29, 0.717) is 0 Å². The van der Waals surface area contributed by atoms with Crippen LogP contribution in [-0.4, -0.2) is 61.2 Å². The first kappa shape index (κ1) is 18.9. The molecule has 0 saturated heterocycles. The zero-order valence-corrected chi connectivity index (χ0v) is 15.0. The largest absolute Gasteiger partial charge is 0.312 e. The maximum Gasteiger partial charge on any atom is 0.0249 e. The van der Waals surface area contributed by atoms with Crippen molar-refractivity contribution >= 4 is 0 Å². The van der Waals surface area contributed by atoms with Crippen LogP contribution in [0.15, 0.2) is 0 Å². The molecule has 126 valence electrons. The van der Waals surface area contributed by atoms with Gasteiger partial charge in [-0.05, 0) is 65.0 Å². The van der Waals surface area contributed by atoms with Gasteiger partial charge >= 0.3 is 0 Å². The first-order valence-corrected chi connectivity index (χ1v) is 9.46. The van der Waals surface area contributed by atoms with Crippen molar-refractivity contribution in [1.29, 1.82) is 0 Å². The van der Waals surface area contributed by atoms with Crippen molar-refractivity contribution in [3.8, 4) is 0 Å². The zero-order valence-electron chi connectivity index (χ0n) is 15.0. The van der Waals surface area contributed by atoms with Crippen LogP contribution in [0.4, 0.5) is 0 Å². The number of nitrogens with one attached hydrogen (secondary N) is 1. The molecule has 0 heterocycles. The number of likely N-dealkylation sites (N-methyl/N-ethyl adjacent to an activating group) is 1. The Morgan fingerprint density at radius 1 is 0.905 bits per heavy atom. The third kappa shape index (κ3) is 6.66. The molecule has 0 aromatic carbocycles. The summed E-state index contributed by atoms with van der Waals surface area (Å²) in [5, 5.41) is 3.81. The Morgan fingerprint density at radius 3 is 2.24 bits per heavy atom. The van der Waals surface area contributed by atoms with Crippen molar-refractivity contribution in [2.75, 3.05) is 39.3 Å². The molecule has 1 N–H and O–H groups in total. The minimum Gasteiger partial charge on any atom is -0.312 e. The van der Waals surface area contributed by atoms with Gasteiger partial charge in [-0.1, -0.05) is 40.5 Å². The molecule has 0 aliphatic heterocycles. The quantitative estimate of drug-likeness (QED) is 0.631. The number of nitrogens with zero attached hydrogens (tertiary/aromatic N) is 2. The highest BCUT2D eigenvalue weighted by Crippen LogP contribution is 2.23. The van der Waals surface area contributed by atoms with E-state index in [1.807, 2.05) is 0 Å². The molecule has 0 spiro atoms. The Balaban J connectivity index is 2.43. The summed E-state index contributed by atoms with van der Waals surface area (Å²) in [6.07, 6.45) is 8.15. The molecule has 1 aliphatic carbocycles. The molecule has 2 unspecified atom stereocenters. The maximum absolute atomic E-state index is 3.81. The minimum atomic E-state index is 0.729. The summed E-state index contributed by atoms with van der Waals surface area (Å²) in [4.78, 5) is 5.29. The van der Waals surface area contributed by atoms with Gasteiger partial charge in [0.1, 0.15) is 0 Å². The molecule has 1 aliphatic rings. The fourth-order valence-electron chi connectivity index (χ4n) is 3.71. The monoisotopic (exact) mass is 297 g/mol. The Morgan fingerprint density at radius 2 is 1.62 bits per heavy atom. The normalized spacial score (nSPS) is 23.1. The molecule has 0 aromatic rings. The Kier molecular flexibility index (Phi) is 10.3. The first-order chi connectivity index (χ1) is 10.3. The molecular formula is C18H39N3. The molecule has 2 atom stereocenters. The van der Waals surface area contributed by atoms with Gasteiger partial charge in [-0.15, -0.1) is 0 Å². The summed E-state index contributed by atoms with van der Waals surface area (Å²) in [5.74, 6) is 0. The summed E-state index contributed by atoms with van der Waals surface area (Å²) < 4.78 is 0. The maximum atomic E-state index is 3.81. The van der Waals surface area contributed by atoms with Gasteiger partial charge in [-0.2, -0.15) is 0 Å². The van der Waals surface area contributed by atoms with E-state index >= 15 is 0 Å². The van der Waals surface area contributed by atoms with Crippen molar-refractivity contribution in [2.45, 2.75) is 78.3 Å². The molecule has 0 bridgehead atoms. The number of rotatable bonds is 11. The van der Waals surface area contributed by atoms with Gasteiger partial charge in [0.05, 0.1) is 0 Å². The molecule has 21 heavy (non-hydrogen) atoms. The van der Waals surface area contributed by atoms with E-state index < -0.39 is 0 Å². The van der Waals surface area contributed by atoms with Crippen LogP contribution < -0.4 is 5.32 Å². The summed E-state index contributed by atoms with van der Waals surface area (Å²) in [5.41, 5.74) is 0. The van der Waals surface area contributed by atoms with Crippen molar-refractivity contribution in [2.24, 2.45) is 0 Å². The van der Waals surface area contributed by atoms with Gasteiger partial charge in [-0.3, -0.25) is 4.90 Å². The van der Waals surface area contributed by atoms with Crippen molar-refractivity contribution in [3.63, 3.8) is 0 Å². The standard InChI is InChI=1S/C18H39N3/c1-5-14-19-17-12-9-10-13-18(17)21(8-4)16-11-15-20(6-2)7-3/h17-19H,5-16H2,1-4H3. The molecule has 0 amide bonds. The van der Waals surface area contributed by atoms with Crippen LogP contribution in [0, 0.1) is 0 Å². The van der Waals surface area contributed by atoms with Gasteiger partial charge in [0.25, 0.3) is 0 Å². The fraction of sp³-hybridized carbons (Fsp3) is 1.00. The van der Waals surface area contributed by atoms with Crippen molar-refractivity contribution < 1.29 is 0 Å². The fourth-order valence-corrected chi connectivity index (χ4v) is 3.71. The average Bonchev–Trinajstić information content (AvgIpc) is 2.54. The van der Waals surface area contributed by atoms with Crippen molar-refractivity contribution in [1.82, 2.24) is 15.1 Å². The topological polar surface area (TPSA) is 18.5 Å². The van der Waals surface area contributed by atoms with Crippen molar-refractivity contribution in [3.05, 3.63) is 0 Å². The molecular weight excluding hydrogens is 258 g/mol. The lowest BCUT2D eigenvalue weighted by atomic mass is 9.89. The third-order valence-corrected chi connectivity index (χ3v) is 5.08. The van der Waals surface area contributed by atoms with Crippen LogP contribution in [0.3, 0.4) is 0 Å². The predicted molar refractivity (Wildman–Crippen MR) is 94.0 cm³/mol. The van der Waals surface area contributed by atoms with E-state index in [4.69, 9.17) is 0 Å². The van der Waals surface area contributed by atoms with Crippen LogP contribution in [-0.2, 0) is 0 Å². The molecule has 1 rings (SSSR count). The van der Waals surface area contributed by atoms with Crippen LogP contribution >= 0.6 is 0 Å². The molecule has 3 heteroatoms. The van der Waals surface area contributed by atoms with Gasteiger partial charge in [0.15, 0.2) is 0 Å². The highest BCUT2D eigenvalue weighted by molar-refractivity contribution is 4.88.